The van der Waals surface area contributed by atoms with Crippen LogP contribution in [0.3, 0.4) is 0 Å². The normalized spacial score (nSPS) is 11.5. The zero-order valence-corrected chi connectivity index (χ0v) is 10.1. The molecule has 4 nitrogen and oxygen atoms in total. The number of amides is 1. The molecular weight excluding hydrogens is 307 g/mol. The topological polar surface area (TPSA) is 51.5 Å². The van der Waals surface area contributed by atoms with Crippen molar-refractivity contribution in [2.45, 2.75) is 6.18 Å². The van der Waals surface area contributed by atoms with E-state index < -0.39 is 18.7 Å². The Balaban J connectivity index is 2.20. The summed E-state index contributed by atoms with van der Waals surface area (Å²) in [6, 6.07) is 1.44. The summed E-state index contributed by atoms with van der Waals surface area (Å²) < 4.78 is 44.5. The lowest BCUT2D eigenvalue weighted by Crippen LogP contribution is -2.28. The van der Waals surface area contributed by atoms with Gasteiger partial charge in [-0.1, -0.05) is 0 Å². The number of carbonyl (C=O) groups excluding carboxylic acids is 1. The predicted octanol–water partition coefficient (Wildman–Crippen LogP) is 2.35. The fourth-order valence-electron chi connectivity index (χ4n) is 0.976. The van der Waals surface area contributed by atoms with E-state index in [0.29, 0.717) is 0 Å². The Labute approximate surface area is 103 Å². The summed E-state index contributed by atoms with van der Waals surface area (Å²) in [4.78, 5) is 11.4. The molecule has 96 valence electrons. The van der Waals surface area contributed by atoms with Gasteiger partial charge >= 0.3 is 6.18 Å². The van der Waals surface area contributed by atoms with Gasteiger partial charge in [-0.3, -0.25) is 4.79 Å². The first-order chi connectivity index (χ1) is 7.90. The molecule has 0 aliphatic heterocycles. The summed E-state index contributed by atoms with van der Waals surface area (Å²) in [6.07, 6.45) is -3.03. The van der Waals surface area contributed by atoms with E-state index in [0.717, 1.165) is 0 Å². The molecular formula is C9H9BrF3NO3. The van der Waals surface area contributed by atoms with Crippen molar-refractivity contribution in [1.29, 1.82) is 0 Å². The Bertz CT molecular complexity index is 378. The highest BCUT2D eigenvalue weighted by Gasteiger charge is 2.27. The highest BCUT2D eigenvalue weighted by atomic mass is 79.9. The van der Waals surface area contributed by atoms with Crippen molar-refractivity contribution in [2.24, 2.45) is 0 Å². The second-order valence-corrected chi connectivity index (χ2v) is 3.75. The smallest absolute Gasteiger partial charge is 0.411 e. The summed E-state index contributed by atoms with van der Waals surface area (Å²) in [6.45, 7) is -1.54. The third kappa shape index (κ3) is 5.22. The van der Waals surface area contributed by atoms with Gasteiger partial charge in [-0.05, 0) is 22.0 Å². The molecule has 0 saturated carbocycles. The second-order valence-electron chi connectivity index (χ2n) is 3.03. The molecule has 0 aromatic carbocycles. The predicted molar refractivity (Wildman–Crippen MR) is 55.6 cm³/mol. The number of halogens is 4. The summed E-state index contributed by atoms with van der Waals surface area (Å²) in [7, 11) is 0. The highest BCUT2D eigenvalue weighted by molar-refractivity contribution is 9.10. The molecule has 0 spiro atoms. The molecule has 0 fully saturated rings. The number of furan rings is 1. The Kier molecular flexibility index (Phi) is 5.01. The molecule has 1 rings (SSSR count). The Hall–Kier alpha value is -1.02. The van der Waals surface area contributed by atoms with E-state index in [1.807, 2.05) is 0 Å². The van der Waals surface area contributed by atoms with Gasteiger partial charge in [0.25, 0.3) is 5.91 Å². The van der Waals surface area contributed by atoms with Gasteiger partial charge in [0.15, 0.2) is 4.67 Å². The summed E-state index contributed by atoms with van der Waals surface area (Å²) in [5.74, 6) is -0.443. The number of nitrogens with one attached hydrogen (secondary N) is 1. The largest absolute Gasteiger partial charge is 0.457 e. The van der Waals surface area contributed by atoms with Crippen LogP contribution in [0.5, 0.6) is 0 Å². The minimum Gasteiger partial charge on any atom is -0.457 e. The van der Waals surface area contributed by atoms with Crippen LogP contribution in [-0.4, -0.2) is 31.8 Å². The van der Waals surface area contributed by atoms with E-state index in [1.165, 1.54) is 12.3 Å². The zero-order valence-electron chi connectivity index (χ0n) is 8.51. The van der Waals surface area contributed by atoms with E-state index in [-0.39, 0.29) is 23.4 Å². The lowest BCUT2D eigenvalue weighted by atomic mass is 10.3. The third-order valence-corrected chi connectivity index (χ3v) is 2.27. The SMILES string of the molecule is O=C(NCCOCC(F)(F)F)c1ccoc1Br. The lowest BCUT2D eigenvalue weighted by Gasteiger charge is -2.08. The quantitative estimate of drug-likeness (QED) is 0.849. The molecule has 0 aliphatic rings. The van der Waals surface area contributed by atoms with E-state index in [9.17, 15) is 18.0 Å². The maximum atomic E-state index is 11.7. The molecule has 1 aromatic heterocycles. The number of carbonyl (C=O) groups is 1. The van der Waals surface area contributed by atoms with Gasteiger partial charge in [0.2, 0.25) is 0 Å². The molecule has 1 N–H and O–H groups in total. The molecule has 0 unspecified atom stereocenters. The first-order valence-electron chi connectivity index (χ1n) is 4.56. The molecule has 1 heterocycles. The molecule has 8 heteroatoms. The monoisotopic (exact) mass is 315 g/mol. The van der Waals surface area contributed by atoms with Crippen LogP contribution in [0.2, 0.25) is 0 Å². The molecule has 1 amide bonds. The lowest BCUT2D eigenvalue weighted by molar-refractivity contribution is -0.173. The van der Waals surface area contributed by atoms with Crippen LogP contribution in [0, 0.1) is 0 Å². The van der Waals surface area contributed by atoms with Crippen LogP contribution in [0.25, 0.3) is 0 Å². The number of hydrogen-bond acceptors (Lipinski definition) is 3. The maximum absolute atomic E-state index is 11.7. The van der Waals surface area contributed by atoms with Gasteiger partial charge in [-0.15, -0.1) is 0 Å². The van der Waals surface area contributed by atoms with Crippen LogP contribution < -0.4 is 5.32 Å². The van der Waals surface area contributed by atoms with Crippen molar-refractivity contribution in [3.8, 4) is 0 Å². The number of ether oxygens (including phenoxy) is 1. The minimum atomic E-state index is -4.35. The standard InChI is InChI=1S/C9H9BrF3NO3/c10-7-6(1-3-17-7)8(15)14-2-4-16-5-9(11,12)13/h1,3H,2,4-5H2,(H,14,15). The molecule has 0 radical (unpaired) electrons. The fourth-order valence-corrected chi connectivity index (χ4v) is 1.40. The Morgan fingerprint density at radius 3 is 2.76 bits per heavy atom. The van der Waals surface area contributed by atoms with E-state index in [4.69, 9.17) is 4.42 Å². The first kappa shape index (κ1) is 14.0. The molecule has 17 heavy (non-hydrogen) atoms. The zero-order chi connectivity index (χ0) is 12.9. The summed E-state index contributed by atoms with van der Waals surface area (Å²) >= 11 is 3.01. The first-order valence-corrected chi connectivity index (χ1v) is 5.35. The fraction of sp³-hybridized carbons (Fsp3) is 0.444. The highest BCUT2D eigenvalue weighted by Crippen LogP contribution is 2.17. The van der Waals surface area contributed by atoms with Gasteiger partial charge in [-0.25, -0.2) is 0 Å². The van der Waals surface area contributed by atoms with Crippen molar-refractivity contribution in [2.75, 3.05) is 19.8 Å². The van der Waals surface area contributed by atoms with Crippen molar-refractivity contribution < 1.29 is 27.1 Å². The van der Waals surface area contributed by atoms with Crippen LogP contribution in [0.1, 0.15) is 10.4 Å². The van der Waals surface area contributed by atoms with E-state index >= 15 is 0 Å². The average Bonchev–Trinajstić information content (AvgIpc) is 2.62. The second kappa shape index (κ2) is 6.06. The van der Waals surface area contributed by atoms with Gasteiger partial charge in [0.1, 0.15) is 6.61 Å². The van der Waals surface area contributed by atoms with Gasteiger partial charge in [0.05, 0.1) is 18.4 Å². The maximum Gasteiger partial charge on any atom is 0.411 e. The van der Waals surface area contributed by atoms with Gasteiger partial charge < -0.3 is 14.5 Å². The van der Waals surface area contributed by atoms with Gasteiger partial charge in [0, 0.05) is 6.54 Å². The number of hydrogen-bond donors (Lipinski definition) is 1. The molecule has 0 bridgehead atoms. The molecule has 1 aromatic rings. The van der Waals surface area contributed by atoms with Gasteiger partial charge in [-0.2, -0.15) is 13.2 Å². The summed E-state index contributed by atoms with van der Waals surface area (Å²) in [5, 5.41) is 2.39. The number of alkyl halides is 3. The number of rotatable bonds is 5. The summed E-state index contributed by atoms with van der Waals surface area (Å²) in [5.41, 5.74) is 0.279. The Morgan fingerprint density at radius 2 is 2.24 bits per heavy atom. The Morgan fingerprint density at radius 1 is 1.53 bits per heavy atom. The van der Waals surface area contributed by atoms with Crippen LogP contribution >= 0.6 is 15.9 Å². The van der Waals surface area contributed by atoms with Crippen LogP contribution in [0.15, 0.2) is 21.4 Å². The van der Waals surface area contributed by atoms with Crippen molar-refractivity contribution in [3.05, 3.63) is 22.6 Å². The van der Waals surface area contributed by atoms with E-state index in [2.05, 4.69) is 26.0 Å². The van der Waals surface area contributed by atoms with Crippen LogP contribution in [-0.2, 0) is 4.74 Å². The van der Waals surface area contributed by atoms with Crippen molar-refractivity contribution in [3.63, 3.8) is 0 Å². The minimum absolute atomic E-state index is 0.00741. The van der Waals surface area contributed by atoms with Crippen LogP contribution in [0.4, 0.5) is 13.2 Å². The molecule has 0 aliphatic carbocycles. The molecule has 0 saturated heterocycles. The van der Waals surface area contributed by atoms with Crippen molar-refractivity contribution >= 4 is 21.8 Å². The van der Waals surface area contributed by atoms with E-state index in [1.54, 1.807) is 0 Å². The van der Waals surface area contributed by atoms with Crippen molar-refractivity contribution in [1.82, 2.24) is 5.32 Å². The molecule has 0 atom stereocenters. The third-order valence-electron chi connectivity index (χ3n) is 1.66. The average molecular weight is 316 g/mol.